The van der Waals surface area contributed by atoms with Gasteiger partial charge in [0.25, 0.3) is 5.56 Å². The number of carbonyl (C=O) groups excluding carboxylic acids is 2. The second-order valence-electron chi connectivity index (χ2n) is 12.1. The van der Waals surface area contributed by atoms with Crippen LogP contribution in [0.3, 0.4) is 0 Å². The number of hydrogen-bond donors (Lipinski definition) is 0. The van der Waals surface area contributed by atoms with E-state index in [1.165, 1.54) is 0 Å². The van der Waals surface area contributed by atoms with Crippen molar-refractivity contribution in [3.05, 3.63) is 106 Å². The van der Waals surface area contributed by atoms with Crippen LogP contribution < -0.4 is 15.4 Å². The standard InChI is InChI=1S/C35H38N6O4/c1-6-40-29-12-11-26(21-30(29)37(5)33(43)35(3,4)34(40)44)23-38(22-25-9-7-10-27(20-25)41-15-8-14-36-41)17-18-39-16-13-31-28(32(39)42)19-24(2)45-31/h7-16,19-21H,6,17-18,22-23H2,1-5H3. The average Bonchev–Trinajstić information content (AvgIpc) is 3.70. The third kappa shape index (κ3) is 5.69. The Hall–Kier alpha value is -4.96. The van der Waals surface area contributed by atoms with Gasteiger partial charge in [0.05, 0.1) is 22.4 Å². The molecular formula is C35H38N6O4. The second kappa shape index (κ2) is 11.9. The zero-order chi connectivity index (χ0) is 31.9. The van der Waals surface area contributed by atoms with E-state index in [1.807, 2.05) is 67.2 Å². The summed E-state index contributed by atoms with van der Waals surface area (Å²) >= 11 is 0. The molecule has 0 bridgehead atoms. The van der Waals surface area contributed by atoms with Crippen LogP contribution in [0.25, 0.3) is 16.7 Å². The number of amides is 2. The minimum Gasteiger partial charge on any atom is -0.461 e. The minimum absolute atomic E-state index is 0.0814. The number of rotatable bonds is 9. The summed E-state index contributed by atoms with van der Waals surface area (Å²) in [6.45, 7) is 9.85. The minimum atomic E-state index is -1.17. The van der Waals surface area contributed by atoms with Crippen molar-refractivity contribution in [2.75, 3.05) is 29.9 Å². The van der Waals surface area contributed by atoms with Crippen LogP contribution in [0.15, 0.2) is 88.5 Å². The van der Waals surface area contributed by atoms with E-state index in [0.717, 1.165) is 22.5 Å². The zero-order valence-corrected chi connectivity index (χ0v) is 26.4. The van der Waals surface area contributed by atoms with Crippen molar-refractivity contribution in [1.82, 2.24) is 19.2 Å². The van der Waals surface area contributed by atoms with E-state index in [2.05, 4.69) is 22.1 Å². The number of aromatic nitrogens is 3. The molecule has 2 aromatic carbocycles. The van der Waals surface area contributed by atoms with Gasteiger partial charge < -0.3 is 18.8 Å². The van der Waals surface area contributed by atoms with Gasteiger partial charge in [0.2, 0.25) is 11.8 Å². The summed E-state index contributed by atoms with van der Waals surface area (Å²) in [5.74, 6) is 0.262. The summed E-state index contributed by atoms with van der Waals surface area (Å²) in [6, 6.07) is 19.7. The predicted molar refractivity (Wildman–Crippen MR) is 175 cm³/mol. The lowest BCUT2D eigenvalue weighted by atomic mass is 9.90. The van der Waals surface area contributed by atoms with Crippen molar-refractivity contribution >= 4 is 34.2 Å². The van der Waals surface area contributed by atoms with E-state index in [9.17, 15) is 14.4 Å². The molecule has 0 N–H and O–H groups in total. The van der Waals surface area contributed by atoms with E-state index >= 15 is 0 Å². The van der Waals surface area contributed by atoms with Crippen molar-refractivity contribution in [2.45, 2.75) is 47.3 Å². The lowest BCUT2D eigenvalue weighted by Crippen LogP contribution is -2.47. The van der Waals surface area contributed by atoms with E-state index in [0.29, 0.717) is 55.1 Å². The van der Waals surface area contributed by atoms with Crippen LogP contribution in [-0.4, -0.2) is 51.2 Å². The van der Waals surface area contributed by atoms with Gasteiger partial charge in [-0.2, -0.15) is 5.10 Å². The number of pyridine rings is 1. The van der Waals surface area contributed by atoms with Gasteiger partial charge in [0.1, 0.15) is 16.8 Å². The summed E-state index contributed by atoms with van der Waals surface area (Å²) in [5.41, 5.74) is 3.83. The Morgan fingerprint density at radius 1 is 0.889 bits per heavy atom. The topological polar surface area (TPSA) is 96.8 Å². The highest BCUT2D eigenvalue weighted by molar-refractivity contribution is 6.19. The van der Waals surface area contributed by atoms with Gasteiger partial charge in [-0.05, 0) is 81.3 Å². The molecular weight excluding hydrogens is 568 g/mol. The van der Waals surface area contributed by atoms with Crippen molar-refractivity contribution in [3.8, 4) is 5.69 Å². The Balaban J connectivity index is 1.32. The maximum absolute atomic E-state index is 13.4. The van der Waals surface area contributed by atoms with Crippen LogP contribution in [0, 0.1) is 12.3 Å². The summed E-state index contributed by atoms with van der Waals surface area (Å²) in [6.07, 6.45) is 5.45. The molecule has 1 aliphatic heterocycles. The fourth-order valence-electron chi connectivity index (χ4n) is 6.12. The average molecular weight is 607 g/mol. The van der Waals surface area contributed by atoms with Crippen molar-refractivity contribution in [2.24, 2.45) is 5.41 Å². The first kappa shape index (κ1) is 30.1. The first-order valence-corrected chi connectivity index (χ1v) is 15.2. The van der Waals surface area contributed by atoms with Gasteiger partial charge >= 0.3 is 0 Å². The molecule has 1 aliphatic rings. The van der Waals surface area contributed by atoms with E-state index in [-0.39, 0.29) is 17.4 Å². The van der Waals surface area contributed by atoms with Crippen LogP contribution in [0.1, 0.15) is 37.7 Å². The molecule has 5 aromatic rings. The predicted octanol–water partition coefficient (Wildman–Crippen LogP) is 5.15. The number of aryl methyl sites for hydroxylation is 1. The quantitative estimate of drug-likeness (QED) is 0.216. The number of benzene rings is 2. The molecule has 10 nitrogen and oxygen atoms in total. The lowest BCUT2D eigenvalue weighted by molar-refractivity contribution is -0.137. The molecule has 0 saturated carbocycles. The highest BCUT2D eigenvalue weighted by Crippen LogP contribution is 2.39. The van der Waals surface area contributed by atoms with Gasteiger partial charge in [0.15, 0.2) is 0 Å². The Morgan fingerprint density at radius 3 is 2.40 bits per heavy atom. The van der Waals surface area contributed by atoms with E-state index in [4.69, 9.17) is 4.42 Å². The molecule has 0 unspecified atom stereocenters. The molecule has 6 rings (SSSR count). The van der Waals surface area contributed by atoms with Gasteiger partial charge in [-0.15, -0.1) is 0 Å². The van der Waals surface area contributed by atoms with Gasteiger partial charge in [-0.25, -0.2) is 4.68 Å². The highest BCUT2D eigenvalue weighted by atomic mass is 16.3. The SMILES string of the molecule is CCN1C(=O)C(C)(C)C(=O)N(C)c2cc(CN(CCn3ccc4oc(C)cc4c3=O)Cc3cccc(-n4cccn4)c3)ccc21. The molecule has 3 aromatic heterocycles. The first-order valence-electron chi connectivity index (χ1n) is 15.2. The molecule has 0 radical (unpaired) electrons. The van der Waals surface area contributed by atoms with E-state index in [1.54, 1.807) is 53.7 Å². The maximum Gasteiger partial charge on any atom is 0.261 e. The number of fused-ring (bicyclic) bond motifs is 2. The molecule has 232 valence electrons. The summed E-state index contributed by atoms with van der Waals surface area (Å²) in [5, 5.41) is 4.95. The van der Waals surface area contributed by atoms with Crippen molar-refractivity contribution in [3.63, 3.8) is 0 Å². The van der Waals surface area contributed by atoms with Gasteiger partial charge in [-0.3, -0.25) is 19.3 Å². The van der Waals surface area contributed by atoms with Crippen LogP contribution in [0.5, 0.6) is 0 Å². The number of furan rings is 1. The van der Waals surface area contributed by atoms with Crippen LogP contribution >= 0.6 is 0 Å². The Kier molecular flexibility index (Phi) is 7.92. The molecule has 0 spiro atoms. The zero-order valence-electron chi connectivity index (χ0n) is 26.4. The molecule has 0 saturated heterocycles. The van der Waals surface area contributed by atoms with Crippen molar-refractivity contribution < 1.29 is 14.0 Å². The Labute approximate surface area is 262 Å². The van der Waals surface area contributed by atoms with Crippen LogP contribution in [-0.2, 0) is 29.2 Å². The maximum atomic E-state index is 13.4. The molecule has 0 atom stereocenters. The van der Waals surface area contributed by atoms with Gasteiger partial charge in [0, 0.05) is 58.4 Å². The molecule has 0 fully saturated rings. The monoisotopic (exact) mass is 606 g/mol. The summed E-state index contributed by atoms with van der Waals surface area (Å²) in [7, 11) is 1.73. The smallest absolute Gasteiger partial charge is 0.261 e. The molecule has 0 aliphatic carbocycles. The number of anilines is 2. The normalized spacial score (nSPS) is 14.8. The summed E-state index contributed by atoms with van der Waals surface area (Å²) < 4.78 is 9.20. The van der Waals surface area contributed by atoms with Crippen molar-refractivity contribution in [1.29, 1.82) is 0 Å². The molecule has 4 heterocycles. The van der Waals surface area contributed by atoms with Gasteiger partial charge in [-0.1, -0.05) is 18.2 Å². The fraction of sp³-hybridized carbons (Fsp3) is 0.314. The third-order valence-electron chi connectivity index (χ3n) is 8.56. The van der Waals surface area contributed by atoms with Crippen LogP contribution in [0.2, 0.25) is 0 Å². The molecule has 10 heteroatoms. The molecule has 2 amide bonds. The fourth-order valence-corrected chi connectivity index (χ4v) is 6.12. The molecule has 45 heavy (non-hydrogen) atoms. The van der Waals surface area contributed by atoms with E-state index < -0.39 is 5.41 Å². The lowest BCUT2D eigenvalue weighted by Gasteiger charge is -2.27. The Bertz CT molecular complexity index is 1940. The first-order chi connectivity index (χ1) is 21.6. The number of carbonyl (C=O) groups is 2. The summed E-state index contributed by atoms with van der Waals surface area (Å²) in [4.78, 5) is 45.6. The third-order valence-corrected chi connectivity index (χ3v) is 8.56. The number of hydrogen-bond acceptors (Lipinski definition) is 6. The van der Waals surface area contributed by atoms with Crippen LogP contribution in [0.4, 0.5) is 11.4 Å². The highest BCUT2D eigenvalue weighted by Gasteiger charge is 2.45. The number of nitrogens with zero attached hydrogens (tertiary/aromatic N) is 6. The second-order valence-corrected chi connectivity index (χ2v) is 12.1. The Morgan fingerprint density at radius 2 is 1.67 bits per heavy atom. The largest absolute Gasteiger partial charge is 0.461 e.